The smallest absolute Gasteiger partial charge is 0.379 e. The molecule has 2 saturated heterocycles. The molecule has 1 amide bonds. The van der Waals surface area contributed by atoms with Crippen LogP contribution in [0.1, 0.15) is 52.3 Å². The second kappa shape index (κ2) is 10.5. The van der Waals surface area contributed by atoms with Crippen molar-refractivity contribution in [2.24, 2.45) is 20.0 Å². The largest absolute Gasteiger partial charge is 0.416 e. The zero-order valence-electron chi connectivity index (χ0n) is 24.9. The third-order valence-electron chi connectivity index (χ3n) is 9.39. The van der Waals surface area contributed by atoms with Gasteiger partial charge in [0.05, 0.1) is 25.3 Å². The molecule has 42 heavy (non-hydrogen) atoms. The monoisotopic (exact) mass is 584 g/mol. The van der Waals surface area contributed by atoms with Crippen molar-refractivity contribution in [2.75, 3.05) is 44.8 Å². The first kappa shape index (κ1) is 28.9. The van der Waals surface area contributed by atoms with Gasteiger partial charge in [-0.05, 0) is 53.9 Å². The van der Waals surface area contributed by atoms with Crippen molar-refractivity contribution >= 4 is 11.6 Å². The number of anilines is 1. The van der Waals surface area contributed by atoms with Gasteiger partial charge in [0.15, 0.2) is 0 Å². The molecule has 0 N–H and O–H groups in total. The number of hydrogen-bond donors (Lipinski definition) is 0. The summed E-state index contributed by atoms with van der Waals surface area (Å²) in [4.78, 5) is 21.5. The third-order valence-corrected chi connectivity index (χ3v) is 9.39. The summed E-state index contributed by atoms with van der Waals surface area (Å²) in [5.74, 6) is 0.908. The van der Waals surface area contributed by atoms with Gasteiger partial charge in [-0.25, -0.2) is 4.80 Å². The van der Waals surface area contributed by atoms with E-state index in [4.69, 9.17) is 4.74 Å². The lowest BCUT2D eigenvalue weighted by molar-refractivity contribution is -0.138. The Morgan fingerprint density at radius 1 is 1.10 bits per heavy atom. The lowest BCUT2D eigenvalue weighted by atomic mass is 9.75. The maximum Gasteiger partial charge on any atom is 0.416 e. The van der Waals surface area contributed by atoms with Crippen LogP contribution < -0.4 is 4.90 Å². The highest BCUT2D eigenvalue weighted by atomic mass is 19.4. The number of piperazine rings is 1. The number of carbonyl (C=O) groups excluding carboxylic acids is 1. The van der Waals surface area contributed by atoms with Crippen LogP contribution >= 0.6 is 0 Å². The quantitative estimate of drug-likeness (QED) is 0.417. The number of alkyl halides is 3. The Hall–Kier alpha value is -3.15. The van der Waals surface area contributed by atoms with Crippen molar-refractivity contribution in [1.29, 1.82) is 0 Å². The van der Waals surface area contributed by atoms with Crippen molar-refractivity contribution in [3.8, 4) is 0 Å². The average molecular weight is 585 g/mol. The van der Waals surface area contributed by atoms with Gasteiger partial charge in [0, 0.05) is 69.4 Å². The molecular formula is C31H39F3N6O2. The molecule has 2 fully saturated rings. The van der Waals surface area contributed by atoms with Gasteiger partial charge in [-0.15, -0.1) is 5.10 Å². The lowest BCUT2D eigenvalue weighted by Crippen LogP contribution is -2.53. The van der Waals surface area contributed by atoms with E-state index in [9.17, 15) is 18.0 Å². The first-order valence-corrected chi connectivity index (χ1v) is 14.6. The van der Waals surface area contributed by atoms with E-state index < -0.39 is 17.6 Å². The van der Waals surface area contributed by atoms with Gasteiger partial charge >= 0.3 is 6.18 Å². The van der Waals surface area contributed by atoms with Crippen LogP contribution in [0.3, 0.4) is 0 Å². The Balaban J connectivity index is 1.30. The number of aromatic nitrogens is 3. The summed E-state index contributed by atoms with van der Waals surface area (Å²) in [6, 6.07) is 10.8. The minimum atomic E-state index is -4.56. The van der Waals surface area contributed by atoms with Crippen LogP contribution in [0.4, 0.5) is 18.9 Å². The zero-order valence-corrected chi connectivity index (χ0v) is 24.9. The molecule has 6 rings (SSSR count). The predicted octanol–water partition coefficient (Wildman–Crippen LogP) is 4.22. The maximum absolute atomic E-state index is 14.4. The predicted molar refractivity (Wildman–Crippen MR) is 153 cm³/mol. The fraction of sp³-hybridized carbons (Fsp3) is 0.548. The summed E-state index contributed by atoms with van der Waals surface area (Å²) in [7, 11) is 5.90. The Morgan fingerprint density at radius 3 is 2.48 bits per heavy atom. The van der Waals surface area contributed by atoms with Crippen LogP contribution in [0.15, 0.2) is 36.4 Å². The average Bonchev–Trinajstić information content (AvgIpc) is 3.25. The number of carbonyl (C=O) groups is 1. The molecule has 0 unspecified atom stereocenters. The topological polar surface area (TPSA) is 58.8 Å². The Morgan fingerprint density at radius 2 is 1.86 bits per heavy atom. The van der Waals surface area contributed by atoms with Crippen LogP contribution in [0, 0.1) is 5.92 Å². The number of amides is 1. The number of fused-ring (bicyclic) bond motifs is 1. The number of likely N-dealkylation sites (N-methyl/N-ethyl adjacent to an activating group) is 1. The van der Waals surface area contributed by atoms with Crippen LogP contribution in [-0.4, -0.2) is 76.2 Å². The molecule has 3 aromatic rings. The van der Waals surface area contributed by atoms with Crippen LogP contribution in [0.25, 0.3) is 0 Å². The van der Waals surface area contributed by atoms with Crippen molar-refractivity contribution in [1.82, 2.24) is 24.4 Å². The standard InChI is InChI=1S/C31H39F3N6O2/c1-20(2)27-17-36(3)9-10-39(27)15-21-11-24-25(26(12-21)31(32,33)34)16-40(29(24)41)23-8-6-7-22(13-23)30(18-42-19-30)14-28-35-38(5)37(28)4/h6-8,11-13,20,27H,9-10,14-19H2,1-5H3/t27-/m1/s1. The molecular weight excluding hydrogens is 545 g/mol. The van der Waals surface area contributed by atoms with E-state index in [1.807, 2.05) is 37.0 Å². The molecule has 8 nitrogen and oxygen atoms in total. The molecule has 0 aliphatic carbocycles. The molecule has 4 heterocycles. The van der Waals surface area contributed by atoms with Crippen LogP contribution in [0.5, 0.6) is 0 Å². The summed E-state index contributed by atoms with van der Waals surface area (Å²) in [5, 5.41) is 4.48. The van der Waals surface area contributed by atoms with E-state index in [1.54, 1.807) is 16.9 Å². The van der Waals surface area contributed by atoms with Crippen molar-refractivity contribution in [2.45, 2.75) is 51.0 Å². The summed E-state index contributed by atoms with van der Waals surface area (Å²) in [5.41, 5.74) is 1.31. The lowest BCUT2D eigenvalue weighted by Gasteiger charge is -2.43. The fourth-order valence-electron chi connectivity index (χ4n) is 6.68. The Labute approximate surface area is 244 Å². The van der Waals surface area contributed by atoms with Gasteiger partial charge < -0.3 is 14.5 Å². The van der Waals surface area contributed by atoms with Gasteiger partial charge in [0.2, 0.25) is 0 Å². The third kappa shape index (κ3) is 5.05. The molecule has 1 aromatic heterocycles. The molecule has 1 atom stereocenters. The molecule has 2 aromatic carbocycles. The van der Waals surface area contributed by atoms with Crippen molar-refractivity contribution in [3.05, 3.63) is 70.0 Å². The fourth-order valence-corrected chi connectivity index (χ4v) is 6.68. The molecule has 0 saturated carbocycles. The molecule has 3 aliphatic heterocycles. The van der Waals surface area contributed by atoms with Gasteiger partial charge in [0.25, 0.3) is 5.91 Å². The van der Waals surface area contributed by atoms with Crippen LogP contribution in [-0.2, 0) is 49.9 Å². The molecule has 226 valence electrons. The van der Waals surface area contributed by atoms with Crippen LogP contribution in [0.2, 0.25) is 0 Å². The van der Waals surface area contributed by atoms with E-state index in [2.05, 4.69) is 35.8 Å². The number of aryl methyl sites for hydroxylation is 1. The zero-order chi connectivity index (χ0) is 30.0. The highest BCUT2D eigenvalue weighted by Gasteiger charge is 2.44. The second-order valence-corrected chi connectivity index (χ2v) is 12.6. The van der Waals surface area contributed by atoms with Gasteiger partial charge in [0.1, 0.15) is 5.82 Å². The van der Waals surface area contributed by atoms with Gasteiger partial charge in [-0.2, -0.15) is 13.2 Å². The molecule has 0 spiro atoms. The molecule has 11 heteroatoms. The number of halogens is 3. The first-order chi connectivity index (χ1) is 19.9. The van der Waals surface area contributed by atoms with Gasteiger partial charge in [-0.1, -0.05) is 26.0 Å². The van der Waals surface area contributed by atoms with E-state index in [0.717, 1.165) is 31.0 Å². The Bertz CT molecular complexity index is 1490. The summed E-state index contributed by atoms with van der Waals surface area (Å²) in [6.07, 6.45) is -3.88. The number of rotatable bonds is 7. The number of benzene rings is 2. The van der Waals surface area contributed by atoms with Gasteiger partial charge in [-0.3, -0.25) is 14.4 Å². The second-order valence-electron chi connectivity index (χ2n) is 12.6. The van der Waals surface area contributed by atoms with E-state index in [-0.39, 0.29) is 29.1 Å². The summed E-state index contributed by atoms with van der Waals surface area (Å²) < 4.78 is 50.9. The number of hydrogen-bond acceptors (Lipinski definition) is 5. The SMILES string of the molecule is CC(C)[C@H]1CN(C)CCN1Cc1cc2c(c(C(F)(F)F)c1)CN(c1cccc(C3(Cc4nn(C)n4C)COC3)c1)C2=O. The van der Waals surface area contributed by atoms with E-state index >= 15 is 0 Å². The van der Waals surface area contributed by atoms with Crippen molar-refractivity contribution in [3.63, 3.8) is 0 Å². The highest BCUT2D eigenvalue weighted by Crippen LogP contribution is 2.42. The highest BCUT2D eigenvalue weighted by molar-refractivity contribution is 6.10. The minimum absolute atomic E-state index is 0.0515. The summed E-state index contributed by atoms with van der Waals surface area (Å²) in [6.45, 7) is 8.10. The molecule has 0 bridgehead atoms. The Kier molecular flexibility index (Phi) is 7.26. The first-order valence-electron chi connectivity index (χ1n) is 14.6. The maximum atomic E-state index is 14.4. The molecule has 0 radical (unpaired) electrons. The minimum Gasteiger partial charge on any atom is -0.379 e. The molecule has 3 aliphatic rings. The van der Waals surface area contributed by atoms with E-state index in [1.165, 1.54) is 11.0 Å². The normalized spacial score (nSPS) is 21.3. The number of nitrogens with zero attached hydrogens (tertiary/aromatic N) is 6. The summed E-state index contributed by atoms with van der Waals surface area (Å²) >= 11 is 0. The number of ether oxygens (including phenoxy) is 1. The van der Waals surface area contributed by atoms with Crippen molar-refractivity contribution < 1.29 is 22.7 Å². The van der Waals surface area contributed by atoms with E-state index in [0.29, 0.717) is 43.3 Å².